The maximum atomic E-state index is 13.7. The molecule has 14 nitrogen and oxygen atoms in total. The Morgan fingerprint density at radius 3 is 2.55 bits per heavy atom. The molecule has 16 heteroatoms. The molecule has 4 N–H and O–H groups in total. The number of nitrogens with one attached hydrogen (secondary N) is 4. The molecule has 2 fully saturated rings. The third-order valence-electron chi connectivity index (χ3n) is 10.3. The fraction of sp³-hybridized carbons (Fsp3) is 0.350. The van der Waals surface area contributed by atoms with Crippen LogP contribution in [0.3, 0.4) is 0 Å². The first-order chi connectivity index (χ1) is 27.2. The number of carbonyl (C=O) groups is 4. The average Bonchev–Trinajstić information content (AvgIpc) is 3.53. The van der Waals surface area contributed by atoms with Crippen LogP contribution in [0.5, 0.6) is 5.75 Å². The Morgan fingerprint density at radius 2 is 1.80 bits per heavy atom. The Morgan fingerprint density at radius 1 is 1.02 bits per heavy atom. The standard InChI is InChI=1S/C40H43ClFN9O5/c1-2-36(52)47-33-21-27-32(44-24-45-38(27)46-25-8-9-30(42)29(41)20-25)22-35(33)56-19-5-14-50-17-15-49(16-18-50)13-4-12-43-31-7-3-6-26-28(31)23-51(40(26)55)34-10-11-37(53)48-39(34)54/h2-3,6-9,20-22,24,34,43H,1,4-5,10-19,23H2,(H,47,52)(H,44,45,46)(H,48,53,54). The van der Waals surface area contributed by atoms with E-state index in [4.69, 9.17) is 16.3 Å². The van der Waals surface area contributed by atoms with E-state index >= 15 is 0 Å². The van der Waals surface area contributed by atoms with Gasteiger partial charge in [-0.1, -0.05) is 24.2 Å². The Balaban J connectivity index is 0.857. The van der Waals surface area contributed by atoms with Crippen LogP contribution in [0.4, 0.5) is 27.3 Å². The Hall–Kier alpha value is -5.64. The number of rotatable bonds is 15. The molecule has 56 heavy (non-hydrogen) atoms. The van der Waals surface area contributed by atoms with Crippen molar-refractivity contribution in [1.29, 1.82) is 0 Å². The third-order valence-corrected chi connectivity index (χ3v) is 10.5. The Labute approximate surface area is 328 Å². The molecule has 7 rings (SSSR count). The predicted molar refractivity (Wildman–Crippen MR) is 212 cm³/mol. The van der Waals surface area contributed by atoms with Crippen LogP contribution in [0.15, 0.2) is 67.5 Å². The average molecular weight is 784 g/mol. The van der Waals surface area contributed by atoms with Gasteiger partial charge in [0, 0.05) is 86.2 Å². The second-order valence-corrected chi connectivity index (χ2v) is 14.3. The molecule has 4 aromatic rings. The molecular weight excluding hydrogens is 741 g/mol. The number of imide groups is 1. The van der Waals surface area contributed by atoms with Gasteiger partial charge in [-0.25, -0.2) is 14.4 Å². The number of halogens is 2. The summed E-state index contributed by atoms with van der Waals surface area (Å²) < 4.78 is 19.9. The Kier molecular flexibility index (Phi) is 12.0. The number of piperazine rings is 1. The number of fused-ring (bicyclic) bond motifs is 2. The van der Waals surface area contributed by atoms with Gasteiger partial charge in [-0.3, -0.25) is 24.5 Å². The van der Waals surface area contributed by atoms with Gasteiger partial charge in [0.15, 0.2) is 0 Å². The fourth-order valence-corrected chi connectivity index (χ4v) is 7.46. The first-order valence-electron chi connectivity index (χ1n) is 18.7. The van der Waals surface area contributed by atoms with Gasteiger partial charge in [0.1, 0.15) is 29.8 Å². The topological polar surface area (TPSA) is 161 Å². The predicted octanol–water partition coefficient (Wildman–Crippen LogP) is 4.94. The molecule has 3 aromatic carbocycles. The quantitative estimate of drug-likeness (QED) is 0.0735. The number of benzene rings is 3. The van der Waals surface area contributed by atoms with Crippen LogP contribution in [-0.4, -0.2) is 107 Å². The van der Waals surface area contributed by atoms with Gasteiger partial charge in [0.2, 0.25) is 17.7 Å². The molecule has 0 saturated carbocycles. The molecule has 1 aromatic heterocycles. The van der Waals surface area contributed by atoms with Crippen molar-refractivity contribution in [2.45, 2.75) is 38.3 Å². The van der Waals surface area contributed by atoms with Crippen LogP contribution in [-0.2, 0) is 20.9 Å². The SMILES string of the molecule is C=CC(=O)Nc1cc2c(Nc3ccc(F)c(Cl)c3)ncnc2cc1OCCCN1CCN(CCCNc2cccc3c2CN(C2CCC(=O)NC2=O)C3=O)CC1. The Bertz CT molecular complexity index is 2160. The highest BCUT2D eigenvalue weighted by Gasteiger charge is 2.39. The second-order valence-electron chi connectivity index (χ2n) is 13.9. The van der Waals surface area contributed by atoms with E-state index in [0.29, 0.717) is 59.0 Å². The van der Waals surface area contributed by atoms with Crippen molar-refractivity contribution in [3.05, 3.63) is 89.5 Å². The van der Waals surface area contributed by atoms with E-state index in [-0.39, 0.29) is 23.3 Å². The van der Waals surface area contributed by atoms with E-state index in [1.165, 1.54) is 24.5 Å². The van der Waals surface area contributed by atoms with Gasteiger partial charge in [0.05, 0.1) is 22.8 Å². The van der Waals surface area contributed by atoms with Crippen molar-refractivity contribution in [1.82, 2.24) is 30.0 Å². The van der Waals surface area contributed by atoms with Gasteiger partial charge in [0.25, 0.3) is 5.91 Å². The number of aromatic nitrogens is 2. The first-order valence-corrected chi connectivity index (χ1v) is 19.1. The summed E-state index contributed by atoms with van der Waals surface area (Å²) in [5.41, 5.74) is 3.97. The fourth-order valence-electron chi connectivity index (χ4n) is 7.28. The highest BCUT2D eigenvalue weighted by Crippen LogP contribution is 2.35. The van der Waals surface area contributed by atoms with Crippen LogP contribution in [0.2, 0.25) is 5.02 Å². The summed E-state index contributed by atoms with van der Waals surface area (Å²) in [7, 11) is 0. The van der Waals surface area contributed by atoms with E-state index in [1.54, 1.807) is 29.2 Å². The van der Waals surface area contributed by atoms with Gasteiger partial charge in [-0.05, 0) is 68.3 Å². The monoisotopic (exact) mass is 783 g/mol. The number of nitrogens with zero attached hydrogens (tertiary/aromatic N) is 5. The number of hydrogen-bond acceptors (Lipinski definition) is 11. The summed E-state index contributed by atoms with van der Waals surface area (Å²) in [6.07, 6.45) is 4.88. The van der Waals surface area contributed by atoms with Crippen molar-refractivity contribution in [3.8, 4) is 5.75 Å². The third kappa shape index (κ3) is 8.91. The summed E-state index contributed by atoms with van der Waals surface area (Å²) >= 11 is 5.97. The summed E-state index contributed by atoms with van der Waals surface area (Å²) in [5.74, 6) is -0.877. The van der Waals surface area contributed by atoms with Crippen LogP contribution in [0.25, 0.3) is 10.9 Å². The summed E-state index contributed by atoms with van der Waals surface area (Å²) in [6, 6.07) is 12.8. The summed E-state index contributed by atoms with van der Waals surface area (Å²) in [4.78, 5) is 64.7. The molecule has 1 atom stereocenters. The molecule has 4 heterocycles. The highest BCUT2D eigenvalue weighted by atomic mass is 35.5. The molecule has 0 spiro atoms. The van der Waals surface area contributed by atoms with E-state index < -0.39 is 23.7 Å². The van der Waals surface area contributed by atoms with Crippen molar-refractivity contribution in [2.75, 3.05) is 68.4 Å². The minimum absolute atomic E-state index is 0.0226. The maximum Gasteiger partial charge on any atom is 0.255 e. The van der Waals surface area contributed by atoms with Crippen LogP contribution in [0, 0.1) is 5.82 Å². The van der Waals surface area contributed by atoms with Gasteiger partial charge in [-0.2, -0.15) is 0 Å². The zero-order chi connectivity index (χ0) is 39.2. The van der Waals surface area contributed by atoms with Crippen LogP contribution >= 0.6 is 11.6 Å². The van der Waals surface area contributed by atoms with E-state index in [2.05, 4.69) is 47.6 Å². The molecule has 3 aliphatic heterocycles. The lowest BCUT2D eigenvalue weighted by atomic mass is 10.0. The lowest BCUT2D eigenvalue weighted by Crippen LogP contribution is -2.52. The van der Waals surface area contributed by atoms with Crippen LogP contribution in [0.1, 0.15) is 41.6 Å². The van der Waals surface area contributed by atoms with Crippen LogP contribution < -0.4 is 26.0 Å². The number of carbonyl (C=O) groups excluding carboxylic acids is 4. The molecule has 2 saturated heterocycles. The van der Waals surface area contributed by atoms with Gasteiger partial charge in [-0.15, -0.1) is 0 Å². The van der Waals surface area contributed by atoms with Crippen molar-refractivity contribution < 1.29 is 28.3 Å². The summed E-state index contributed by atoms with van der Waals surface area (Å²) in [6.45, 7) is 10.7. The molecule has 0 aliphatic carbocycles. The molecular formula is C40H43ClFN9O5. The summed E-state index contributed by atoms with van der Waals surface area (Å²) in [5, 5.41) is 12.4. The van der Waals surface area contributed by atoms with Gasteiger partial charge >= 0.3 is 0 Å². The van der Waals surface area contributed by atoms with E-state index in [0.717, 1.165) is 69.9 Å². The normalized spacial score (nSPS) is 17.4. The van der Waals surface area contributed by atoms with Crippen molar-refractivity contribution >= 4 is 69.0 Å². The molecule has 292 valence electrons. The zero-order valence-corrected chi connectivity index (χ0v) is 31.5. The second kappa shape index (κ2) is 17.4. The number of piperidine rings is 1. The lowest BCUT2D eigenvalue weighted by Gasteiger charge is -2.34. The van der Waals surface area contributed by atoms with E-state index in [9.17, 15) is 23.6 Å². The van der Waals surface area contributed by atoms with Crippen molar-refractivity contribution in [2.24, 2.45) is 0 Å². The zero-order valence-electron chi connectivity index (χ0n) is 30.8. The highest BCUT2D eigenvalue weighted by molar-refractivity contribution is 6.31. The van der Waals surface area contributed by atoms with Gasteiger partial charge < -0.3 is 35.4 Å². The lowest BCUT2D eigenvalue weighted by molar-refractivity contribution is -0.137. The number of hydrogen-bond donors (Lipinski definition) is 4. The maximum absolute atomic E-state index is 13.7. The number of anilines is 4. The smallest absolute Gasteiger partial charge is 0.255 e. The van der Waals surface area contributed by atoms with E-state index in [1.807, 2.05) is 12.1 Å². The molecule has 0 radical (unpaired) electrons. The largest absolute Gasteiger partial charge is 0.491 e. The molecule has 1 unspecified atom stereocenters. The first kappa shape index (κ1) is 38.6. The minimum Gasteiger partial charge on any atom is -0.491 e. The number of ether oxygens (including phenoxy) is 1. The molecule has 0 bridgehead atoms. The minimum atomic E-state index is -0.633. The number of amides is 4. The van der Waals surface area contributed by atoms with Crippen molar-refractivity contribution in [3.63, 3.8) is 0 Å². The molecule has 4 amide bonds. The molecule has 3 aliphatic rings.